The van der Waals surface area contributed by atoms with Crippen molar-refractivity contribution in [3.63, 3.8) is 0 Å². The van der Waals surface area contributed by atoms with E-state index < -0.39 is 0 Å². The lowest BCUT2D eigenvalue weighted by molar-refractivity contribution is 0.0980. The van der Waals surface area contributed by atoms with Gasteiger partial charge in [0.2, 0.25) is 0 Å². The summed E-state index contributed by atoms with van der Waals surface area (Å²) < 4.78 is 5.37. The molecule has 100 valence electrons. The van der Waals surface area contributed by atoms with Gasteiger partial charge in [-0.3, -0.25) is 4.79 Å². The second-order valence-corrected chi connectivity index (χ2v) is 4.88. The highest BCUT2D eigenvalue weighted by atomic mass is 16.5. The van der Waals surface area contributed by atoms with Crippen molar-refractivity contribution in [2.45, 2.75) is 39.5 Å². The Morgan fingerprint density at radius 2 is 2.06 bits per heavy atom. The lowest BCUT2D eigenvalue weighted by atomic mass is 9.93. The number of carbonyl (C=O) groups excluding carboxylic acids is 1. The SMILES string of the molecule is COc1cc(C)c(C(=O)CCCN)cc1C(C)C. The quantitative estimate of drug-likeness (QED) is 0.788. The number of hydrogen-bond donors (Lipinski definition) is 1. The van der Waals surface area contributed by atoms with Crippen LogP contribution in [0.1, 0.15) is 54.1 Å². The van der Waals surface area contributed by atoms with Crippen LogP contribution in [0.25, 0.3) is 0 Å². The molecule has 3 nitrogen and oxygen atoms in total. The summed E-state index contributed by atoms with van der Waals surface area (Å²) in [6.07, 6.45) is 1.25. The fourth-order valence-corrected chi connectivity index (χ4v) is 2.02. The average molecular weight is 249 g/mol. The normalized spacial score (nSPS) is 10.8. The third-order valence-electron chi connectivity index (χ3n) is 3.11. The third-order valence-corrected chi connectivity index (χ3v) is 3.11. The molecule has 3 heteroatoms. The fourth-order valence-electron chi connectivity index (χ4n) is 2.02. The molecular formula is C15H23NO2. The molecule has 0 radical (unpaired) electrons. The van der Waals surface area contributed by atoms with Crippen LogP contribution < -0.4 is 10.5 Å². The molecule has 0 saturated heterocycles. The van der Waals surface area contributed by atoms with E-state index in [4.69, 9.17) is 10.5 Å². The highest BCUT2D eigenvalue weighted by Crippen LogP contribution is 2.30. The van der Waals surface area contributed by atoms with Crippen LogP contribution in [0.3, 0.4) is 0 Å². The number of aryl methyl sites for hydroxylation is 1. The van der Waals surface area contributed by atoms with E-state index >= 15 is 0 Å². The van der Waals surface area contributed by atoms with E-state index in [9.17, 15) is 4.79 Å². The van der Waals surface area contributed by atoms with Crippen LogP contribution in [-0.2, 0) is 0 Å². The Kier molecular flexibility index (Phi) is 5.35. The Morgan fingerprint density at radius 1 is 1.39 bits per heavy atom. The molecule has 1 rings (SSSR count). The molecule has 0 unspecified atom stereocenters. The van der Waals surface area contributed by atoms with Crippen molar-refractivity contribution < 1.29 is 9.53 Å². The predicted molar refractivity (Wildman–Crippen MR) is 74.4 cm³/mol. The minimum absolute atomic E-state index is 0.169. The van der Waals surface area contributed by atoms with Crippen LogP contribution in [0.2, 0.25) is 0 Å². The number of ketones is 1. The number of methoxy groups -OCH3 is 1. The Labute approximate surface area is 109 Å². The first-order valence-corrected chi connectivity index (χ1v) is 6.43. The van der Waals surface area contributed by atoms with Gasteiger partial charge in [-0.2, -0.15) is 0 Å². The van der Waals surface area contributed by atoms with Gasteiger partial charge < -0.3 is 10.5 Å². The van der Waals surface area contributed by atoms with Crippen LogP contribution in [0.5, 0.6) is 5.75 Å². The molecule has 18 heavy (non-hydrogen) atoms. The van der Waals surface area contributed by atoms with E-state index in [1.165, 1.54) is 0 Å². The summed E-state index contributed by atoms with van der Waals surface area (Å²) in [5, 5.41) is 0. The first kappa shape index (κ1) is 14.7. The van der Waals surface area contributed by atoms with Gasteiger partial charge in [0.15, 0.2) is 5.78 Å². The first-order valence-electron chi connectivity index (χ1n) is 6.43. The van der Waals surface area contributed by atoms with Crippen LogP contribution in [-0.4, -0.2) is 19.4 Å². The second kappa shape index (κ2) is 6.55. The molecule has 0 saturated carbocycles. The summed E-state index contributed by atoms with van der Waals surface area (Å²) in [6.45, 7) is 6.70. The van der Waals surface area contributed by atoms with Gasteiger partial charge in [-0.05, 0) is 49.1 Å². The summed E-state index contributed by atoms with van der Waals surface area (Å²) in [5.41, 5.74) is 8.30. The molecule has 0 fully saturated rings. The molecule has 0 spiro atoms. The van der Waals surface area contributed by atoms with E-state index in [1.807, 2.05) is 19.1 Å². The van der Waals surface area contributed by atoms with Gasteiger partial charge in [-0.25, -0.2) is 0 Å². The molecule has 0 amide bonds. The summed E-state index contributed by atoms with van der Waals surface area (Å²) in [6, 6.07) is 3.92. The van der Waals surface area contributed by atoms with Gasteiger partial charge in [0, 0.05) is 12.0 Å². The Morgan fingerprint density at radius 3 is 2.56 bits per heavy atom. The number of Topliss-reactive ketones (excluding diaryl/α,β-unsaturated/α-hetero) is 1. The minimum Gasteiger partial charge on any atom is -0.496 e. The zero-order valence-corrected chi connectivity index (χ0v) is 11.7. The van der Waals surface area contributed by atoms with Gasteiger partial charge in [0.25, 0.3) is 0 Å². The standard InChI is InChI=1S/C15H23NO2/c1-10(2)12-9-13(14(17)6-5-7-16)11(3)8-15(12)18-4/h8-10H,5-7,16H2,1-4H3. The van der Waals surface area contributed by atoms with Crippen molar-refractivity contribution in [3.8, 4) is 5.75 Å². The number of ether oxygens (including phenoxy) is 1. The number of rotatable bonds is 6. The lowest BCUT2D eigenvalue weighted by Crippen LogP contribution is -2.08. The molecule has 0 aromatic heterocycles. The Bertz CT molecular complexity index is 425. The first-order chi connectivity index (χ1) is 8.51. The largest absolute Gasteiger partial charge is 0.496 e. The van der Waals surface area contributed by atoms with Crippen molar-refractivity contribution in [2.24, 2.45) is 5.73 Å². The topological polar surface area (TPSA) is 52.3 Å². The maximum absolute atomic E-state index is 12.1. The molecule has 0 aliphatic heterocycles. The predicted octanol–water partition coefficient (Wildman–Crippen LogP) is 3.05. The molecule has 0 bridgehead atoms. The van der Waals surface area contributed by atoms with Crippen LogP contribution in [0.15, 0.2) is 12.1 Å². The van der Waals surface area contributed by atoms with Gasteiger partial charge >= 0.3 is 0 Å². The van der Waals surface area contributed by atoms with E-state index in [1.54, 1.807) is 7.11 Å². The molecule has 0 atom stereocenters. The molecule has 1 aromatic rings. The van der Waals surface area contributed by atoms with Crippen LogP contribution >= 0.6 is 0 Å². The summed E-state index contributed by atoms with van der Waals surface area (Å²) in [5.74, 6) is 1.36. The zero-order valence-electron chi connectivity index (χ0n) is 11.7. The van der Waals surface area contributed by atoms with Gasteiger partial charge in [0.1, 0.15) is 5.75 Å². The highest BCUT2D eigenvalue weighted by Gasteiger charge is 2.15. The molecule has 0 aliphatic carbocycles. The van der Waals surface area contributed by atoms with Crippen molar-refractivity contribution in [1.82, 2.24) is 0 Å². The molecule has 1 aromatic carbocycles. The minimum atomic E-state index is 0.169. The fraction of sp³-hybridized carbons (Fsp3) is 0.533. The van der Waals surface area contributed by atoms with Crippen molar-refractivity contribution in [1.29, 1.82) is 0 Å². The Hall–Kier alpha value is -1.35. The number of hydrogen-bond acceptors (Lipinski definition) is 3. The molecule has 0 heterocycles. The molecule has 2 N–H and O–H groups in total. The summed E-state index contributed by atoms with van der Waals surface area (Å²) in [4.78, 5) is 12.1. The molecular weight excluding hydrogens is 226 g/mol. The van der Waals surface area contributed by atoms with E-state index in [2.05, 4.69) is 13.8 Å². The zero-order chi connectivity index (χ0) is 13.7. The van der Waals surface area contributed by atoms with Crippen molar-refractivity contribution in [2.75, 3.05) is 13.7 Å². The van der Waals surface area contributed by atoms with Crippen molar-refractivity contribution in [3.05, 3.63) is 28.8 Å². The van der Waals surface area contributed by atoms with Crippen molar-refractivity contribution >= 4 is 5.78 Å². The maximum atomic E-state index is 12.1. The monoisotopic (exact) mass is 249 g/mol. The Balaban J connectivity index is 3.13. The summed E-state index contributed by atoms with van der Waals surface area (Å²) in [7, 11) is 1.66. The van der Waals surface area contributed by atoms with Gasteiger partial charge in [-0.15, -0.1) is 0 Å². The van der Waals surface area contributed by atoms with Crippen LogP contribution in [0, 0.1) is 6.92 Å². The summed E-state index contributed by atoms with van der Waals surface area (Å²) >= 11 is 0. The lowest BCUT2D eigenvalue weighted by Gasteiger charge is -2.15. The number of benzene rings is 1. The van der Waals surface area contributed by atoms with Gasteiger partial charge in [-0.1, -0.05) is 13.8 Å². The maximum Gasteiger partial charge on any atom is 0.163 e. The average Bonchev–Trinajstić information content (AvgIpc) is 2.34. The number of nitrogens with two attached hydrogens (primary N) is 1. The third kappa shape index (κ3) is 3.33. The second-order valence-electron chi connectivity index (χ2n) is 4.88. The van der Waals surface area contributed by atoms with E-state index in [-0.39, 0.29) is 5.78 Å². The number of carbonyl (C=O) groups is 1. The van der Waals surface area contributed by atoms with Gasteiger partial charge in [0.05, 0.1) is 7.11 Å². The van der Waals surface area contributed by atoms with E-state index in [0.717, 1.165) is 28.9 Å². The van der Waals surface area contributed by atoms with E-state index in [0.29, 0.717) is 18.9 Å². The highest BCUT2D eigenvalue weighted by molar-refractivity contribution is 5.97. The van der Waals surface area contributed by atoms with Crippen LogP contribution in [0.4, 0.5) is 0 Å². The molecule has 0 aliphatic rings. The smallest absolute Gasteiger partial charge is 0.163 e.